The van der Waals surface area contributed by atoms with Gasteiger partial charge in [-0.3, -0.25) is 4.79 Å². The van der Waals surface area contributed by atoms with Crippen molar-refractivity contribution in [3.63, 3.8) is 0 Å². The Balaban J connectivity index is 1.43. The Morgan fingerprint density at radius 3 is 1.15 bits per heavy atom. The van der Waals surface area contributed by atoms with Gasteiger partial charge < -0.3 is 89.9 Å². The molecule has 0 bridgehead atoms. The summed E-state index contributed by atoms with van der Waals surface area (Å²) in [5.74, 6) is -0.334. The molecule has 97 heavy (non-hydrogen) atoms. The van der Waals surface area contributed by atoms with Crippen LogP contribution in [0.25, 0.3) is 0 Å². The van der Waals surface area contributed by atoms with Crippen LogP contribution in [0.5, 0.6) is 0 Å². The topological polar surface area (TPSA) is 307 Å². The van der Waals surface area contributed by atoms with Crippen LogP contribution in [0.3, 0.4) is 0 Å². The van der Waals surface area contributed by atoms with Crippen LogP contribution in [-0.4, -0.2) is 193 Å². The summed E-state index contributed by atoms with van der Waals surface area (Å²) in [5, 5.41) is 121. The number of carbonyl (C=O) groups excluding carboxylic acids is 1. The standard InChI is InChI=1S/C78H133NO18/c1-3-5-7-9-11-13-15-17-19-21-23-25-26-27-28-29-30-31-32-33-34-36-37-39-41-43-45-47-49-51-53-55-62(83)61(79-66(84)56-54-52-50-48-46-44-42-40-38-35-24-22-20-18-16-14-12-10-8-6-4-2)60-92-76-72(90)69(87)74(64(58-81)94-76)97-78-73(91)70(88)75(65(59-82)95-78)96-77-71(89)68(86)67(85)63(57-80)93-77/h6,8,12,14,18,20,24,35,37,39-40,42,45-48,53,55,61-65,67-78,80-83,85-91H,3-5,7,9-11,13,15-17,19,21-23,25-34,36,38,41,43-44,49-52,54,56-60H2,1-2H3,(H,79,84)/b8-6-,14-12-,20-18-,35-24-,39-37+,42-40-,47-45+,48-46-,55-53+. The van der Waals surface area contributed by atoms with Gasteiger partial charge in [-0.1, -0.05) is 252 Å². The molecule has 0 saturated carbocycles. The highest BCUT2D eigenvalue weighted by atomic mass is 16.8. The number of carbonyl (C=O) groups is 1. The smallest absolute Gasteiger partial charge is 0.220 e. The minimum atomic E-state index is -1.99. The summed E-state index contributed by atoms with van der Waals surface area (Å²) >= 11 is 0. The van der Waals surface area contributed by atoms with Gasteiger partial charge in [0.25, 0.3) is 0 Å². The third kappa shape index (κ3) is 38.9. The number of unbranched alkanes of at least 4 members (excludes halogenated alkanes) is 25. The van der Waals surface area contributed by atoms with Crippen molar-refractivity contribution in [2.45, 2.75) is 349 Å². The van der Waals surface area contributed by atoms with Crippen molar-refractivity contribution in [1.29, 1.82) is 0 Å². The molecule has 3 aliphatic rings. The predicted octanol–water partition coefficient (Wildman–Crippen LogP) is 11.4. The molecule has 3 aliphatic heterocycles. The lowest BCUT2D eigenvalue weighted by atomic mass is 9.96. The van der Waals surface area contributed by atoms with Crippen LogP contribution in [0.15, 0.2) is 109 Å². The van der Waals surface area contributed by atoms with Crippen molar-refractivity contribution in [2.24, 2.45) is 0 Å². The number of hydrogen-bond donors (Lipinski definition) is 12. The molecular formula is C78H133NO18. The lowest BCUT2D eigenvalue weighted by Gasteiger charge is -2.48. The van der Waals surface area contributed by atoms with Gasteiger partial charge in [-0.15, -0.1) is 0 Å². The molecule has 0 aliphatic carbocycles. The molecule has 17 unspecified atom stereocenters. The van der Waals surface area contributed by atoms with Crippen LogP contribution in [0.2, 0.25) is 0 Å². The van der Waals surface area contributed by atoms with Crippen LogP contribution in [-0.2, 0) is 33.2 Å². The minimum Gasteiger partial charge on any atom is -0.394 e. The van der Waals surface area contributed by atoms with Crippen molar-refractivity contribution < 1.29 is 89.4 Å². The van der Waals surface area contributed by atoms with Gasteiger partial charge in [0.2, 0.25) is 5.91 Å². The van der Waals surface area contributed by atoms with E-state index in [2.05, 4.69) is 116 Å². The fourth-order valence-electron chi connectivity index (χ4n) is 12.0. The second kappa shape index (κ2) is 58.0. The zero-order valence-electron chi connectivity index (χ0n) is 59.3. The third-order valence-corrected chi connectivity index (χ3v) is 18.0. The van der Waals surface area contributed by atoms with Gasteiger partial charge in [-0.2, -0.15) is 0 Å². The van der Waals surface area contributed by atoms with E-state index in [1.54, 1.807) is 6.08 Å². The van der Waals surface area contributed by atoms with Gasteiger partial charge in [0.1, 0.15) is 73.2 Å². The molecule has 558 valence electrons. The van der Waals surface area contributed by atoms with Gasteiger partial charge in [-0.05, 0) is 96.3 Å². The number of allylic oxidation sites excluding steroid dienone is 17. The molecule has 19 nitrogen and oxygen atoms in total. The molecule has 3 rings (SSSR count). The second-order valence-electron chi connectivity index (χ2n) is 26.4. The van der Waals surface area contributed by atoms with E-state index in [1.807, 2.05) is 6.08 Å². The molecule has 3 saturated heterocycles. The summed E-state index contributed by atoms with van der Waals surface area (Å²) in [7, 11) is 0. The Morgan fingerprint density at radius 1 is 0.381 bits per heavy atom. The maximum atomic E-state index is 13.4. The first-order valence-corrected chi connectivity index (χ1v) is 37.6. The average molecular weight is 1370 g/mol. The number of rotatable bonds is 57. The quantitative estimate of drug-likeness (QED) is 0.0199. The molecule has 0 aromatic carbocycles. The van der Waals surface area contributed by atoms with E-state index in [-0.39, 0.29) is 12.3 Å². The molecule has 0 aromatic rings. The zero-order valence-corrected chi connectivity index (χ0v) is 59.3. The van der Waals surface area contributed by atoms with Crippen LogP contribution in [0, 0.1) is 0 Å². The fourth-order valence-corrected chi connectivity index (χ4v) is 12.0. The molecule has 3 fully saturated rings. The van der Waals surface area contributed by atoms with Crippen LogP contribution >= 0.6 is 0 Å². The maximum Gasteiger partial charge on any atom is 0.220 e. The van der Waals surface area contributed by atoms with E-state index in [9.17, 15) is 61.0 Å². The number of hydrogen-bond acceptors (Lipinski definition) is 18. The van der Waals surface area contributed by atoms with Crippen LogP contribution in [0.1, 0.15) is 245 Å². The Bertz CT molecular complexity index is 2180. The summed E-state index contributed by atoms with van der Waals surface area (Å²) in [6.07, 6.45) is 52.3. The van der Waals surface area contributed by atoms with Crippen LogP contribution < -0.4 is 5.32 Å². The van der Waals surface area contributed by atoms with E-state index >= 15 is 0 Å². The van der Waals surface area contributed by atoms with Crippen molar-refractivity contribution >= 4 is 5.91 Å². The Kier molecular flexibility index (Phi) is 52.4. The molecule has 1 amide bonds. The highest BCUT2D eigenvalue weighted by molar-refractivity contribution is 5.76. The molecule has 0 aromatic heterocycles. The fraction of sp³-hybridized carbons (Fsp3) is 0.756. The third-order valence-electron chi connectivity index (χ3n) is 18.0. The van der Waals surface area contributed by atoms with E-state index in [0.717, 1.165) is 77.0 Å². The monoisotopic (exact) mass is 1370 g/mol. The van der Waals surface area contributed by atoms with Crippen LogP contribution in [0.4, 0.5) is 0 Å². The van der Waals surface area contributed by atoms with Gasteiger partial charge in [-0.25, -0.2) is 0 Å². The summed E-state index contributed by atoms with van der Waals surface area (Å²) < 4.78 is 34.3. The number of nitrogens with one attached hydrogen (secondary N) is 1. The zero-order chi connectivity index (χ0) is 70.4. The molecule has 12 N–H and O–H groups in total. The van der Waals surface area contributed by atoms with Gasteiger partial charge in [0, 0.05) is 6.42 Å². The van der Waals surface area contributed by atoms with Crippen molar-refractivity contribution in [3.05, 3.63) is 109 Å². The maximum absolute atomic E-state index is 13.4. The van der Waals surface area contributed by atoms with E-state index in [4.69, 9.17) is 28.4 Å². The number of aliphatic hydroxyl groups excluding tert-OH is 11. The lowest BCUT2D eigenvalue weighted by molar-refractivity contribution is -0.379. The first-order valence-electron chi connectivity index (χ1n) is 37.6. The predicted molar refractivity (Wildman–Crippen MR) is 383 cm³/mol. The molecule has 0 spiro atoms. The van der Waals surface area contributed by atoms with Crippen molar-refractivity contribution in [2.75, 3.05) is 26.4 Å². The number of aliphatic hydroxyl groups is 11. The Morgan fingerprint density at radius 2 is 0.722 bits per heavy atom. The molecule has 17 atom stereocenters. The highest BCUT2D eigenvalue weighted by Gasteiger charge is 2.53. The largest absolute Gasteiger partial charge is 0.394 e. The molecule has 0 radical (unpaired) electrons. The normalized spacial score (nSPS) is 27.5. The first-order chi connectivity index (χ1) is 47.3. The van der Waals surface area contributed by atoms with Gasteiger partial charge in [0.05, 0.1) is 38.6 Å². The lowest BCUT2D eigenvalue weighted by Crippen LogP contribution is -2.66. The van der Waals surface area contributed by atoms with E-state index in [1.165, 1.54) is 135 Å². The van der Waals surface area contributed by atoms with Gasteiger partial charge in [0.15, 0.2) is 18.9 Å². The summed E-state index contributed by atoms with van der Waals surface area (Å²) in [6, 6.07) is -1.03. The molecular weight excluding hydrogens is 1240 g/mol. The number of amides is 1. The van der Waals surface area contributed by atoms with Gasteiger partial charge >= 0.3 is 0 Å². The average Bonchev–Trinajstić information content (AvgIpc) is 0.789. The summed E-state index contributed by atoms with van der Waals surface area (Å²) in [4.78, 5) is 13.4. The SMILES string of the molecule is CC/C=C\C/C=C\C/C=C\C/C=C\C/C=C\C/C=C\CCCCC(=O)NC(COC1OC(CO)C(OC2OC(CO)C(OC3OC(CO)C(O)C(O)C3O)C(O)C2O)C(O)C1O)C(O)/C=C/CC/C=C/CC/C=C/CCCCCCCCCCCCCCCCCCCCCCC. The van der Waals surface area contributed by atoms with E-state index in [0.29, 0.717) is 12.8 Å². The summed E-state index contributed by atoms with van der Waals surface area (Å²) in [5.41, 5.74) is 0. The van der Waals surface area contributed by atoms with E-state index < -0.39 is 131 Å². The van der Waals surface area contributed by atoms with Crippen molar-refractivity contribution in [1.82, 2.24) is 5.32 Å². The Hall–Kier alpha value is -3.55. The first kappa shape index (κ1) is 87.7. The second-order valence-corrected chi connectivity index (χ2v) is 26.4. The molecule has 3 heterocycles. The van der Waals surface area contributed by atoms with Crippen molar-refractivity contribution in [3.8, 4) is 0 Å². The number of ether oxygens (including phenoxy) is 6. The summed E-state index contributed by atoms with van der Waals surface area (Å²) in [6.45, 7) is 1.56. The highest BCUT2D eigenvalue weighted by Crippen LogP contribution is 2.33. The molecule has 19 heteroatoms. The minimum absolute atomic E-state index is 0.170. The Labute approximate surface area is 583 Å².